The van der Waals surface area contributed by atoms with Crippen LogP contribution in [-0.2, 0) is 0 Å². The average molecular weight is 470 g/mol. The van der Waals surface area contributed by atoms with E-state index in [0.29, 0.717) is 46.2 Å². The summed E-state index contributed by atoms with van der Waals surface area (Å²) in [4.78, 5) is 30.1. The van der Waals surface area contributed by atoms with Crippen LogP contribution in [0.3, 0.4) is 0 Å². The Morgan fingerprint density at radius 3 is 2.62 bits per heavy atom. The summed E-state index contributed by atoms with van der Waals surface area (Å²) < 4.78 is 0. The van der Waals surface area contributed by atoms with Crippen LogP contribution in [0.2, 0.25) is 10.0 Å². The van der Waals surface area contributed by atoms with Crippen molar-refractivity contribution in [2.75, 3.05) is 23.7 Å². The molecule has 0 saturated carbocycles. The second-order valence-corrected chi connectivity index (χ2v) is 7.33. The van der Waals surface area contributed by atoms with Gasteiger partial charge in [0.05, 0.1) is 33.9 Å². The predicted molar refractivity (Wildman–Crippen MR) is 122 cm³/mol. The second kappa shape index (κ2) is 9.58. The molecule has 0 fully saturated rings. The van der Waals surface area contributed by atoms with Gasteiger partial charge in [0.15, 0.2) is 6.20 Å². The van der Waals surface area contributed by atoms with Crippen molar-refractivity contribution >= 4 is 40.7 Å². The van der Waals surface area contributed by atoms with Crippen molar-refractivity contribution in [2.24, 2.45) is 0 Å². The average Bonchev–Trinajstić information content (AvgIpc) is 3.32. The van der Waals surface area contributed by atoms with Crippen molar-refractivity contribution in [2.45, 2.75) is 0 Å². The quantitative estimate of drug-likeness (QED) is 0.195. The first-order chi connectivity index (χ1) is 15.5. The molecular formula is C20H15Cl2N8O2. The molecule has 0 spiro atoms. The van der Waals surface area contributed by atoms with Gasteiger partial charge >= 0.3 is 0 Å². The van der Waals surface area contributed by atoms with E-state index >= 15 is 0 Å². The number of halogens is 2. The maximum atomic E-state index is 10.7. The standard InChI is InChI=1S/C20H15Cl2N8O2/c21-12-1-3-14(16(22)7-12)19-15(17-10-23-11-28-17)9-27-20(29-19)25-6-5-24-18-4-2-13(8-26-18)30(31)32/h1-4,7,9-11H,5-6H2,(H,23,28)(H,24,26)(H,25,27,29). The summed E-state index contributed by atoms with van der Waals surface area (Å²) in [6.45, 7) is 0.942. The van der Waals surface area contributed by atoms with Crippen LogP contribution in [0.15, 0.2) is 49.1 Å². The molecule has 0 aliphatic carbocycles. The van der Waals surface area contributed by atoms with Crippen molar-refractivity contribution < 1.29 is 4.92 Å². The Hall–Kier alpha value is -3.76. The molecule has 0 amide bonds. The van der Waals surface area contributed by atoms with Crippen molar-refractivity contribution in [3.8, 4) is 22.5 Å². The van der Waals surface area contributed by atoms with Crippen molar-refractivity contribution in [1.29, 1.82) is 0 Å². The number of H-pyrrole nitrogens is 1. The summed E-state index contributed by atoms with van der Waals surface area (Å²) >= 11 is 12.5. The van der Waals surface area contributed by atoms with Crippen LogP contribution in [0.25, 0.3) is 22.5 Å². The topological polar surface area (TPSA) is 135 Å². The monoisotopic (exact) mass is 469 g/mol. The number of hydrogen-bond donors (Lipinski definition) is 3. The zero-order chi connectivity index (χ0) is 22.5. The molecule has 161 valence electrons. The van der Waals surface area contributed by atoms with Gasteiger partial charge in [-0.2, -0.15) is 0 Å². The zero-order valence-electron chi connectivity index (χ0n) is 16.3. The van der Waals surface area contributed by atoms with Gasteiger partial charge in [0.2, 0.25) is 5.95 Å². The highest BCUT2D eigenvalue weighted by Crippen LogP contribution is 2.35. The van der Waals surface area contributed by atoms with Gasteiger partial charge in [-0.15, -0.1) is 0 Å². The van der Waals surface area contributed by atoms with E-state index in [9.17, 15) is 10.1 Å². The lowest BCUT2D eigenvalue weighted by atomic mass is 10.1. The predicted octanol–water partition coefficient (Wildman–Crippen LogP) is 4.47. The fraction of sp³-hybridized carbons (Fsp3) is 0.100. The van der Waals surface area contributed by atoms with Gasteiger partial charge in [-0.3, -0.25) is 10.1 Å². The van der Waals surface area contributed by atoms with Gasteiger partial charge in [-0.1, -0.05) is 23.2 Å². The van der Waals surface area contributed by atoms with Crippen LogP contribution < -0.4 is 10.6 Å². The summed E-state index contributed by atoms with van der Waals surface area (Å²) in [6, 6.07) is 8.05. The van der Waals surface area contributed by atoms with Gasteiger partial charge in [-0.25, -0.2) is 19.9 Å². The molecule has 32 heavy (non-hydrogen) atoms. The Morgan fingerprint density at radius 2 is 1.94 bits per heavy atom. The van der Waals surface area contributed by atoms with Crippen LogP contribution in [0.5, 0.6) is 0 Å². The Labute approximate surface area is 192 Å². The van der Waals surface area contributed by atoms with E-state index in [1.165, 1.54) is 12.1 Å². The molecule has 1 aromatic carbocycles. The fourth-order valence-electron chi connectivity index (χ4n) is 2.87. The Kier molecular flexibility index (Phi) is 6.43. The molecule has 0 atom stereocenters. The van der Waals surface area contributed by atoms with E-state index < -0.39 is 4.92 Å². The van der Waals surface area contributed by atoms with E-state index in [2.05, 4.69) is 41.8 Å². The largest absolute Gasteiger partial charge is 0.368 e. The van der Waals surface area contributed by atoms with Crippen LogP contribution in [-0.4, -0.2) is 42.9 Å². The third kappa shape index (κ3) is 4.93. The lowest BCUT2D eigenvalue weighted by molar-refractivity contribution is -0.385. The summed E-state index contributed by atoms with van der Waals surface area (Å²) in [5.41, 5.74) is 2.62. The molecule has 3 N–H and O–H groups in total. The van der Waals surface area contributed by atoms with E-state index in [0.717, 1.165) is 11.3 Å². The number of pyridine rings is 1. The smallest absolute Gasteiger partial charge is 0.297 e. The first-order valence-electron chi connectivity index (χ1n) is 9.33. The molecule has 0 aliphatic rings. The van der Waals surface area contributed by atoms with E-state index in [1.54, 1.807) is 36.9 Å². The van der Waals surface area contributed by atoms with E-state index in [1.807, 2.05) is 0 Å². The van der Waals surface area contributed by atoms with Crippen molar-refractivity contribution in [1.82, 2.24) is 24.9 Å². The molecule has 4 aromatic rings. The molecule has 1 radical (unpaired) electrons. The number of anilines is 2. The number of imidazole rings is 1. The number of nitro groups is 1. The third-order valence-corrected chi connectivity index (χ3v) is 4.91. The van der Waals surface area contributed by atoms with Gasteiger partial charge in [0, 0.05) is 41.5 Å². The van der Waals surface area contributed by atoms with Gasteiger partial charge < -0.3 is 15.6 Å². The molecule has 10 nitrogen and oxygen atoms in total. The number of aromatic amines is 1. The highest BCUT2D eigenvalue weighted by atomic mass is 35.5. The Bertz CT molecular complexity index is 1230. The maximum absolute atomic E-state index is 10.7. The first-order valence-corrected chi connectivity index (χ1v) is 10.1. The Morgan fingerprint density at radius 1 is 1.09 bits per heavy atom. The minimum Gasteiger partial charge on any atom is -0.368 e. The van der Waals surface area contributed by atoms with Crippen LogP contribution in [0, 0.1) is 16.3 Å². The molecule has 0 aliphatic heterocycles. The van der Waals surface area contributed by atoms with Gasteiger partial charge in [0.25, 0.3) is 5.69 Å². The fourth-order valence-corrected chi connectivity index (χ4v) is 3.37. The van der Waals surface area contributed by atoms with Crippen molar-refractivity contribution in [3.05, 3.63) is 75.4 Å². The number of rotatable bonds is 8. The summed E-state index contributed by atoms with van der Waals surface area (Å²) in [5.74, 6) is 0.876. The minimum atomic E-state index is -0.548. The summed E-state index contributed by atoms with van der Waals surface area (Å²) in [6.07, 6.45) is 7.30. The molecule has 4 rings (SSSR count). The first kappa shape index (κ1) is 21.5. The molecule has 3 heterocycles. The lowest BCUT2D eigenvalue weighted by Crippen LogP contribution is -2.16. The number of benzene rings is 1. The highest BCUT2D eigenvalue weighted by Gasteiger charge is 2.15. The molecule has 12 heteroatoms. The number of hydrogen-bond acceptors (Lipinski definition) is 8. The lowest BCUT2D eigenvalue weighted by Gasteiger charge is -2.12. The maximum Gasteiger partial charge on any atom is 0.297 e. The number of nitrogens with one attached hydrogen (secondary N) is 3. The summed E-state index contributed by atoms with van der Waals surface area (Å²) in [7, 11) is 0. The SMILES string of the molecule is O=[N+]([O-])c1[c]nc(NCCNc2ncc(-c3cnc[nH]3)c(-c3ccc(Cl)cc3Cl)n2)cc1. The van der Waals surface area contributed by atoms with Gasteiger partial charge in [0.1, 0.15) is 5.82 Å². The molecular weight excluding hydrogens is 455 g/mol. The third-order valence-electron chi connectivity index (χ3n) is 4.36. The van der Waals surface area contributed by atoms with Crippen LogP contribution >= 0.6 is 23.2 Å². The van der Waals surface area contributed by atoms with Crippen LogP contribution in [0.1, 0.15) is 0 Å². The number of aromatic nitrogens is 5. The Balaban J connectivity index is 1.49. The minimum absolute atomic E-state index is 0.187. The van der Waals surface area contributed by atoms with Crippen LogP contribution in [0.4, 0.5) is 17.5 Å². The van der Waals surface area contributed by atoms with Crippen molar-refractivity contribution in [3.63, 3.8) is 0 Å². The normalized spacial score (nSPS) is 10.7. The van der Waals surface area contributed by atoms with E-state index in [4.69, 9.17) is 23.2 Å². The second-order valence-electron chi connectivity index (χ2n) is 6.48. The number of nitrogens with zero attached hydrogens (tertiary/aromatic N) is 5. The highest BCUT2D eigenvalue weighted by molar-refractivity contribution is 6.36. The molecule has 3 aromatic heterocycles. The van der Waals surface area contributed by atoms with E-state index in [-0.39, 0.29) is 5.69 Å². The van der Waals surface area contributed by atoms with Gasteiger partial charge in [-0.05, 0) is 24.3 Å². The zero-order valence-corrected chi connectivity index (χ0v) is 17.9. The molecule has 0 saturated heterocycles. The molecule has 0 bridgehead atoms. The summed E-state index contributed by atoms with van der Waals surface area (Å²) in [5, 5.41) is 17.8. The molecule has 0 unspecified atom stereocenters.